The first kappa shape index (κ1) is 25.5. The normalized spacial score (nSPS) is 17.6. The van der Waals surface area contributed by atoms with Gasteiger partial charge in [0.15, 0.2) is 10.8 Å². The van der Waals surface area contributed by atoms with Crippen molar-refractivity contribution in [1.29, 1.82) is 0 Å². The Morgan fingerprint density at radius 3 is 2.57 bits per heavy atom. The highest BCUT2D eigenvalue weighted by Crippen LogP contribution is 2.48. The summed E-state index contributed by atoms with van der Waals surface area (Å²) in [7, 11) is 0. The van der Waals surface area contributed by atoms with Crippen LogP contribution in [0.1, 0.15) is 22.4 Å². The molecule has 1 saturated heterocycles. The van der Waals surface area contributed by atoms with Gasteiger partial charge in [0.1, 0.15) is 12.0 Å². The number of carbonyl (C=O) groups excluding carboxylic acids is 1. The average molecular weight is 576 g/mol. The largest absolute Gasteiger partial charge is 0.483 e. The predicted molar refractivity (Wildman–Crippen MR) is 133 cm³/mol. The van der Waals surface area contributed by atoms with E-state index < -0.39 is 33.8 Å². The zero-order valence-electron chi connectivity index (χ0n) is 17.3. The highest BCUT2D eigenvalue weighted by molar-refractivity contribution is 8.01. The maximum absolute atomic E-state index is 13.1. The lowest BCUT2D eigenvalue weighted by Crippen LogP contribution is -2.31. The molecule has 0 aliphatic carbocycles. The van der Waals surface area contributed by atoms with Crippen LogP contribution in [0.2, 0.25) is 15.1 Å². The standard InChI is InChI=1S/C20H13Cl3N4O6S2/c21-10-5-12(22)17(13(23)6-10)33-8-15-24-25-20(35-15)26-18(30)14(7-16(28)29)34-19(26)9-2-1-3-11(4-9)27(31)32/h1-6,14,19H,7-8H2,(H,28,29). The monoisotopic (exact) mass is 574 g/mol. The minimum Gasteiger partial charge on any atom is -0.483 e. The van der Waals surface area contributed by atoms with Crippen LogP contribution in [0, 0.1) is 10.1 Å². The molecule has 10 nitrogen and oxygen atoms in total. The molecule has 4 rings (SSSR count). The number of ether oxygens (including phenoxy) is 1. The van der Waals surface area contributed by atoms with Gasteiger partial charge in [0.05, 0.1) is 26.6 Å². The number of carbonyl (C=O) groups is 2. The van der Waals surface area contributed by atoms with Gasteiger partial charge in [0.2, 0.25) is 11.0 Å². The van der Waals surface area contributed by atoms with E-state index in [0.29, 0.717) is 15.6 Å². The molecule has 0 radical (unpaired) electrons. The Bertz CT molecular complexity index is 1300. The number of nitro benzene ring substituents is 1. The summed E-state index contributed by atoms with van der Waals surface area (Å²) in [5, 5.41) is 28.3. The summed E-state index contributed by atoms with van der Waals surface area (Å²) in [6.45, 7) is -0.0616. The van der Waals surface area contributed by atoms with Crippen molar-refractivity contribution in [3.05, 3.63) is 72.2 Å². The fraction of sp³-hybridized carbons (Fsp3) is 0.200. The zero-order valence-corrected chi connectivity index (χ0v) is 21.2. The molecule has 1 aliphatic rings. The summed E-state index contributed by atoms with van der Waals surface area (Å²) >= 11 is 20.3. The Morgan fingerprint density at radius 2 is 1.91 bits per heavy atom. The third kappa shape index (κ3) is 5.62. The molecule has 35 heavy (non-hydrogen) atoms. The van der Waals surface area contributed by atoms with Gasteiger partial charge in [0.25, 0.3) is 5.69 Å². The molecular weight excluding hydrogens is 563 g/mol. The summed E-state index contributed by atoms with van der Waals surface area (Å²) in [6, 6.07) is 8.75. The maximum atomic E-state index is 13.1. The van der Waals surface area contributed by atoms with E-state index in [1.807, 2.05) is 0 Å². The Balaban J connectivity index is 1.61. The number of benzene rings is 2. The van der Waals surface area contributed by atoms with E-state index in [-0.39, 0.29) is 33.2 Å². The van der Waals surface area contributed by atoms with Crippen molar-refractivity contribution in [3.63, 3.8) is 0 Å². The van der Waals surface area contributed by atoms with Gasteiger partial charge < -0.3 is 9.84 Å². The molecule has 0 bridgehead atoms. The lowest BCUT2D eigenvalue weighted by Gasteiger charge is -2.20. The molecule has 0 saturated carbocycles. The number of aromatic nitrogens is 2. The number of carboxylic acids is 1. The number of carboxylic acid groups (broad SMARTS) is 1. The van der Waals surface area contributed by atoms with Gasteiger partial charge >= 0.3 is 5.97 Å². The molecule has 0 spiro atoms. The van der Waals surface area contributed by atoms with Gasteiger partial charge in [-0.15, -0.1) is 22.0 Å². The van der Waals surface area contributed by atoms with Crippen LogP contribution >= 0.6 is 57.9 Å². The van der Waals surface area contributed by atoms with E-state index in [4.69, 9.17) is 39.5 Å². The van der Waals surface area contributed by atoms with Crippen LogP contribution in [-0.4, -0.2) is 37.4 Å². The number of nitrogens with zero attached hydrogens (tertiary/aromatic N) is 4. The first-order valence-electron chi connectivity index (χ1n) is 9.68. The van der Waals surface area contributed by atoms with Gasteiger partial charge in [-0.3, -0.25) is 24.6 Å². The number of thioether (sulfide) groups is 1. The molecule has 15 heteroatoms. The highest BCUT2D eigenvalue weighted by atomic mass is 35.5. The summed E-state index contributed by atoms with van der Waals surface area (Å²) in [4.78, 5) is 36.4. The van der Waals surface area contributed by atoms with Crippen molar-refractivity contribution < 1.29 is 24.4 Å². The second-order valence-electron chi connectivity index (χ2n) is 7.10. The van der Waals surface area contributed by atoms with Crippen molar-refractivity contribution in [1.82, 2.24) is 10.2 Å². The summed E-state index contributed by atoms with van der Waals surface area (Å²) < 4.78 is 5.66. The summed E-state index contributed by atoms with van der Waals surface area (Å²) in [6.07, 6.45) is -0.409. The van der Waals surface area contributed by atoms with Crippen molar-refractivity contribution in [2.75, 3.05) is 4.90 Å². The summed E-state index contributed by atoms with van der Waals surface area (Å²) in [5.74, 6) is -1.42. The fourth-order valence-electron chi connectivity index (χ4n) is 3.25. The van der Waals surface area contributed by atoms with E-state index in [1.54, 1.807) is 6.07 Å². The number of non-ortho nitro benzene ring substituents is 1. The number of anilines is 1. The second kappa shape index (κ2) is 10.5. The SMILES string of the molecule is O=C(O)CC1SC(c2cccc([N+](=O)[O-])c2)N(c2nnc(COc3c(Cl)cc(Cl)cc3Cl)s2)C1=O. The molecule has 1 aromatic heterocycles. The lowest BCUT2D eigenvalue weighted by molar-refractivity contribution is -0.384. The smallest absolute Gasteiger partial charge is 0.305 e. The molecular formula is C20H13Cl3N4O6S2. The quantitative estimate of drug-likeness (QED) is 0.268. The molecule has 2 atom stereocenters. The van der Waals surface area contributed by atoms with Crippen LogP contribution in [0.4, 0.5) is 10.8 Å². The van der Waals surface area contributed by atoms with Gasteiger partial charge in [0, 0.05) is 17.2 Å². The average Bonchev–Trinajstić information content (AvgIpc) is 3.37. The Labute approximate surface area is 220 Å². The summed E-state index contributed by atoms with van der Waals surface area (Å²) in [5.41, 5.74) is 0.304. The third-order valence-electron chi connectivity index (χ3n) is 4.73. The van der Waals surface area contributed by atoms with Crippen LogP contribution in [0.15, 0.2) is 36.4 Å². The first-order valence-corrected chi connectivity index (χ1v) is 12.6. The van der Waals surface area contributed by atoms with Gasteiger partial charge in [-0.1, -0.05) is 58.3 Å². The number of halogens is 3. The minimum absolute atomic E-state index is 0.0616. The molecule has 3 aromatic rings. The number of aliphatic carboxylic acids is 1. The number of amides is 1. The van der Waals surface area contributed by atoms with E-state index in [2.05, 4.69) is 10.2 Å². The molecule has 1 N–H and O–H groups in total. The first-order chi connectivity index (χ1) is 16.6. The topological polar surface area (TPSA) is 136 Å². The molecule has 1 aliphatic heterocycles. The van der Waals surface area contributed by atoms with Crippen LogP contribution in [0.25, 0.3) is 0 Å². The van der Waals surface area contributed by atoms with E-state index in [1.165, 1.54) is 35.2 Å². The van der Waals surface area contributed by atoms with Crippen molar-refractivity contribution in [2.45, 2.75) is 23.7 Å². The zero-order chi connectivity index (χ0) is 25.3. The maximum Gasteiger partial charge on any atom is 0.305 e. The number of nitro groups is 1. The Kier molecular flexibility index (Phi) is 7.67. The highest BCUT2D eigenvalue weighted by Gasteiger charge is 2.44. The third-order valence-corrected chi connectivity index (χ3v) is 7.85. The molecule has 2 unspecified atom stereocenters. The minimum atomic E-state index is -1.14. The fourth-order valence-corrected chi connectivity index (χ4v) is 6.44. The number of hydrogen-bond donors (Lipinski definition) is 1. The van der Waals surface area contributed by atoms with Crippen LogP contribution < -0.4 is 9.64 Å². The van der Waals surface area contributed by atoms with Crippen molar-refractivity contribution in [3.8, 4) is 5.75 Å². The van der Waals surface area contributed by atoms with Crippen LogP contribution in [0.5, 0.6) is 5.75 Å². The predicted octanol–water partition coefficient (Wildman–Crippen LogP) is 5.61. The van der Waals surface area contributed by atoms with Gasteiger partial charge in [-0.25, -0.2) is 0 Å². The van der Waals surface area contributed by atoms with E-state index in [9.17, 15) is 24.8 Å². The number of rotatable bonds is 8. The molecule has 1 amide bonds. The van der Waals surface area contributed by atoms with Crippen LogP contribution in [-0.2, 0) is 16.2 Å². The van der Waals surface area contributed by atoms with Crippen molar-refractivity contribution in [2.24, 2.45) is 0 Å². The molecule has 2 heterocycles. The lowest BCUT2D eigenvalue weighted by atomic mass is 10.2. The van der Waals surface area contributed by atoms with Crippen LogP contribution in [0.3, 0.4) is 0 Å². The van der Waals surface area contributed by atoms with E-state index >= 15 is 0 Å². The van der Waals surface area contributed by atoms with E-state index in [0.717, 1.165) is 23.1 Å². The Morgan fingerprint density at radius 1 is 1.20 bits per heavy atom. The van der Waals surface area contributed by atoms with Gasteiger partial charge in [-0.05, 0) is 17.7 Å². The molecule has 2 aromatic carbocycles. The Hall–Kier alpha value is -2.64. The van der Waals surface area contributed by atoms with Crippen molar-refractivity contribution >= 4 is 80.6 Å². The second-order valence-corrected chi connectivity index (χ2v) is 10.7. The van der Waals surface area contributed by atoms with Gasteiger partial charge in [-0.2, -0.15) is 0 Å². The molecule has 1 fully saturated rings. The number of hydrogen-bond acceptors (Lipinski definition) is 9. The molecule has 182 valence electrons.